The minimum atomic E-state index is -4.93. The molecule has 0 radical (unpaired) electrons. The van der Waals surface area contributed by atoms with Gasteiger partial charge in [-0.1, -0.05) is 0 Å². The van der Waals surface area contributed by atoms with Crippen LogP contribution in [0.4, 0.5) is 6.18 Å². The molecule has 4 rings (SSSR count). The van der Waals surface area contributed by atoms with Crippen molar-refractivity contribution in [3.63, 3.8) is 0 Å². The van der Waals surface area contributed by atoms with Crippen molar-refractivity contribution >= 4 is 0 Å². The molecule has 0 bridgehead atoms. The van der Waals surface area contributed by atoms with Crippen LogP contribution < -0.4 is 0 Å². The van der Waals surface area contributed by atoms with E-state index in [-0.39, 0.29) is 0 Å². The predicted octanol–water partition coefficient (Wildman–Crippen LogP) is 6.37. The van der Waals surface area contributed by atoms with Gasteiger partial charge in [-0.25, -0.2) is 0 Å². The Balaban J connectivity index is 1.65. The fourth-order valence-corrected chi connectivity index (χ4v) is 8.75. The number of rotatable bonds is 2. The van der Waals surface area contributed by atoms with Crippen molar-refractivity contribution in [3.05, 3.63) is 46.6 Å². The van der Waals surface area contributed by atoms with Crippen molar-refractivity contribution in [3.8, 4) is 0 Å². The third kappa shape index (κ3) is 2.26. The Morgan fingerprint density at radius 2 is 1.14 bits per heavy atom. The zero-order valence-electron chi connectivity index (χ0n) is 12.4. The zero-order valence-corrected chi connectivity index (χ0v) is 13.9. The van der Waals surface area contributed by atoms with Gasteiger partial charge in [0.05, 0.1) is 0 Å². The monoisotopic (exact) mass is 324 g/mol. The fourth-order valence-electron chi connectivity index (χ4n) is 4.57. The Kier molecular flexibility index (Phi) is 3.58. The molecule has 3 heteroatoms. The van der Waals surface area contributed by atoms with Crippen molar-refractivity contribution in [2.45, 2.75) is 59.8 Å². The molecule has 0 aromatic rings. The van der Waals surface area contributed by atoms with Gasteiger partial charge in [0.2, 0.25) is 0 Å². The van der Waals surface area contributed by atoms with Crippen LogP contribution in [0.5, 0.6) is 0 Å². The summed E-state index contributed by atoms with van der Waals surface area (Å²) in [5.41, 5.74) is 4.72. The van der Waals surface area contributed by atoms with Gasteiger partial charge in [0.15, 0.2) is 0 Å². The quantitative estimate of drug-likeness (QED) is 0.518. The third-order valence-electron chi connectivity index (χ3n) is 5.67. The van der Waals surface area contributed by atoms with Crippen molar-refractivity contribution in [1.82, 2.24) is 0 Å². The second-order valence-electron chi connectivity index (χ2n) is 6.86. The molecule has 0 N–H and O–H groups in total. The normalized spacial score (nSPS) is 31.9. The van der Waals surface area contributed by atoms with E-state index in [1.54, 1.807) is 0 Å². The summed E-state index contributed by atoms with van der Waals surface area (Å²) >= 11 is -4.93. The second kappa shape index (κ2) is 5.31. The number of halogens is 2. The molecule has 0 aromatic heterocycles. The summed E-state index contributed by atoms with van der Waals surface area (Å²) in [7, 11) is 0. The third-order valence-corrected chi connectivity index (χ3v) is 9.95. The molecule has 21 heavy (non-hydrogen) atoms. The van der Waals surface area contributed by atoms with Crippen molar-refractivity contribution in [2.75, 3.05) is 0 Å². The fraction of sp³-hybridized carbons (Fsp3) is 0.556. The molecule has 0 amide bonds. The van der Waals surface area contributed by atoms with Crippen LogP contribution in [0.2, 0.25) is 8.45 Å². The van der Waals surface area contributed by atoms with Gasteiger partial charge in [-0.3, -0.25) is 0 Å². The second-order valence-corrected chi connectivity index (χ2v) is 10.9. The van der Waals surface area contributed by atoms with Crippen molar-refractivity contribution in [1.29, 1.82) is 0 Å². The van der Waals surface area contributed by atoms with E-state index in [9.17, 15) is 0 Å². The first-order valence-electron chi connectivity index (χ1n) is 8.36. The summed E-state index contributed by atoms with van der Waals surface area (Å²) in [6.07, 6.45) is 16.2. The Labute approximate surface area is 130 Å². The van der Waals surface area contributed by atoms with E-state index >= 15 is 6.18 Å². The molecule has 0 nitrogen and oxygen atoms in total. The number of hydrogen-bond donors (Lipinski definition) is 0. The van der Waals surface area contributed by atoms with Crippen molar-refractivity contribution in [2.24, 2.45) is 0 Å². The average molecular weight is 324 g/mol. The van der Waals surface area contributed by atoms with Gasteiger partial charge in [-0.05, 0) is 0 Å². The summed E-state index contributed by atoms with van der Waals surface area (Å²) in [6.45, 7) is 0. The van der Waals surface area contributed by atoms with Crippen LogP contribution in [0.1, 0.15) is 51.4 Å². The van der Waals surface area contributed by atoms with Crippen molar-refractivity contribution < 1.29 is 23.8 Å². The number of allylic oxidation sites excluding steroid dienone is 8. The van der Waals surface area contributed by atoms with Gasteiger partial charge in [-0.2, -0.15) is 0 Å². The van der Waals surface area contributed by atoms with Crippen LogP contribution in [0, 0.1) is 0 Å². The van der Waals surface area contributed by atoms with E-state index < -0.39 is 26.1 Å². The molecule has 0 spiro atoms. The number of hydrogen-bond acceptors (Lipinski definition) is 0. The van der Waals surface area contributed by atoms with E-state index in [1.807, 2.05) is 24.3 Å². The van der Waals surface area contributed by atoms with Crippen LogP contribution in [0.3, 0.4) is 0 Å². The first-order chi connectivity index (χ1) is 10.2. The topological polar surface area (TPSA) is 0 Å². The average Bonchev–Trinajstić information content (AvgIpc) is 3.12. The van der Waals surface area contributed by atoms with Crippen LogP contribution in [-0.4, -0.2) is 0 Å². The molecule has 0 fully saturated rings. The minimum absolute atomic E-state index is 0.469. The Bertz CT molecular complexity index is 530. The Hall–Kier alpha value is -0.466. The van der Waals surface area contributed by atoms with Gasteiger partial charge in [0.1, 0.15) is 0 Å². The van der Waals surface area contributed by atoms with Crippen LogP contribution >= 0.6 is 0 Å². The summed E-state index contributed by atoms with van der Waals surface area (Å²) in [5, 5.41) is 0. The van der Waals surface area contributed by atoms with E-state index in [1.165, 1.54) is 24.0 Å². The van der Waals surface area contributed by atoms with Crippen LogP contribution in [0.25, 0.3) is 0 Å². The van der Waals surface area contributed by atoms with E-state index in [0.29, 0.717) is 0 Å². The first kappa shape index (κ1) is 14.1. The molecule has 2 atom stereocenters. The molecule has 0 saturated carbocycles. The SMILES string of the molecule is [F][Ti]([F])([CH]1C=CC2=C1CCCC2)[CH]1C=CC2=C1CCCC2. The molecule has 4 aliphatic rings. The zero-order chi connectivity index (χ0) is 14.4. The standard InChI is InChI=1S/2C9H11.2FH.Ti/c2*1-2-5-9-7-3-6-8(9)4-1;;;/h2*3,6-7H,1-2,4-5H2;2*1H;/q;;;;+2/p-2. The molecule has 0 aromatic carbocycles. The molecule has 0 aliphatic heterocycles. The Morgan fingerprint density at radius 3 is 1.62 bits per heavy atom. The van der Waals surface area contributed by atoms with Gasteiger partial charge in [0, 0.05) is 0 Å². The van der Waals surface area contributed by atoms with E-state index in [4.69, 9.17) is 0 Å². The molecule has 0 heterocycles. The van der Waals surface area contributed by atoms with Gasteiger partial charge in [0.25, 0.3) is 0 Å². The summed E-state index contributed by atoms with van der Waals surface area (Å²) in [5.74, 6) is 0. The summed E-state index contributed by atoms with van der Waals surface area (Å²) in [4.78, 5) is 0. The van der Waals surface area contributed by atoms with Gasteiger partial charge < -0.3 is 0 Å². The Morgan fingerprint density at radius 1 is 0.714 bits per heavy atom. The molecule has 112 valence electrons. The van der Waals surface area contributed by atoms with Crippen LogP contribution in [-0.2, 0) is 17.7 Å². The van der Waals surface area contributed by atoms with Crippen LogP contribution in [0.15, 0.2) is 46.6 Å². The van der Waals surface area contributed by atoms with E-state index in [2.05, 4.69) is 0 Å². The molecular formula is C18H22F2Ti. The van der Waals surface area contributed by atoms with Gasteiger partial charge in [-0.15, -0.1) is 0 Å². The molecule has 2 unspecified atom stereocenters. The molecule has 0 saturated heterocycles. The first-order valence-corrected chi connectivity index (χ1v) is 11.3. The predicted molar refractivity (Wildman–Crippen MR) is 79.0 cm³/mol. The molecular weight excluding hydrogens is 302 g/mol. The molecule has 4 aliphatic carbocycles. The summed E-state index contributed by atoms with van der Waals surface area (Å²) in [6, 6.07) is 0. The summed E-state index contributed by atoms with van der Waals surface area (Å²) < 4.78 is 29.8. The van der Waals surface area contributed by atoms with E-state index in [0.717, 1.165) is 49.7 Å². The maximum atomic E-state index is 15.4. The maximum absolute atomic E-state index is 15.4. The van der Waals surface area contributed by atoms with Gasteiger partial charge >= 0.3 is 130 Å².